The highest BCUT2D eigenvalue weighted by Crippen LogP contribution is 2.42. The molecule has 2 heteroatoms. The van der Waals surface area contributed by atoms with Crippen LogP contribution in [0.25, 0.3) is 60.2 Å². The third-order valence-corrected chi connectivity index (χ3v) is 9.38. The number of rotatable bonds is 5. The quantitative estimate of drug-likeness (QED) is 0.199. The third kappa shape index (κ3) is 4.42. The second kappa shape index (κ2) is 10.9. The molecule has 1 heterocycles. The van der Waals surface area contributed by atoms with Gasteiger partial charge in [0.05, 0.1) is 6.04 Å². The Morgan fingerprint density at radius 1 is 0.543 bits per heavy atom. The van der Waals surface area contributed by atoms with Gasteiger partial charge in [-0.2, -0.15) is 0 Å². The predicted molar refractivity (Wildman–Crippen MR) is 195 cm³/mol. The average Bonchev–Trinajstić information content (AvgIpc) is 3.52. The van der Waals surface area contributed by atoms with Crippen LogP contribution in [-0.2, 0) is 0 Å². The first-order valence-electron chi connectivity index (χ1n) is 16.0. The molecule has 0 saturated heterocycles. The maximum absolute atomic E-state index is 6.17. The Kier molecular flexibility index (Phi) is 6.31. The molecule has 0 fully saturated rings. The van der Waals surface area contributed by atoms with Crippen molar-refractivity contribution in [2.45, 2.75) is 12.5 Å². The SMILES string of the molecule is C1=CC(N(c2ccccc2)c2ccc(-c3ccc4c(ccc5oc6ccccc6c54)c3)c3ccccc23)CC=C1c1ccccc1. The van der Waals surface area contributed by atoms with E-state index in [-0.39, 0.29) is 6.04 Å². The minimum Gasteiger partial charge on any atom is -0.456 e. The molecule has 0 spiro atoms. The maximum atomic E-state index is 6.17. The first-order valence-corrected chi connectivity index (χ1v) is 16.0. The Labute approximate surface area is 268 Å². The molecular weight excluding hydrogens is 558 g/mol. The summed E-state index contributed by atoms with van der Waals surface area (Å²) >= 11 is 0. The summed E-state index contributed by atoms with van der Waals surface area (Å²) in [6.45, 7) is 0. The fourth-order valence-electron chi connectivity index (χ4n) is 7.21. The normalized spacial score (nSPS) is 14.7. The van der Waals surface area contributed by atoms with Crippen molar-refractivity contribution in [3.8, 4) is 11.1 Å². The summed E-state index contributed by atoms with van der Waals surface area (Å²) in [6, 6.07) is 54.5. The number of para-hydroxylation sites is 2. The van der Waals surface area contributed by atoms with E-state index in [4.69, 9.17) is 4.42 Å². The number of nitrogens with zero attached hydrogens (tertiary/aromatic N) is 1. The second-order valence-corrected chi connectivity index (χ2v) is 12.0. The molecule has 9 rings (SSSR count). The Bertz CT molecular complexity index is 2450. The lowest BCUT2D eigenvalue weighted by Gasteiger charge is -2.34. The number of hydrogen-bond donors (Lipinski definition) is 0. The number of hydrogen-bond acceptors (Lipinski definition) is 2. The molecule has 2 nitrogen and oxygen atoms in total. The molecule has 1 aliphatic rings. The van der Waals surface area contributed by atoms with Crippen LogP contribution in [0.4, 0.5) is 11.4 Å². The van der Waals surface area contributed by atoms with E-state index in [9.17, 15) is 0 Å². The minimum absolute atomic E-state index is 0.192. The fraction of sp³-hybridized carbons (Fsp3) is 0.0455. The molecular formula is C44H31NO. The van der Waals surface area contributed by atoms with Gasteiger partial charge in [-0.15, -0.1) is 0 Å². The highest BCUT2D eigenvalue weighted by molar-refractivity contribution is 6.19. The summed E-state index contributed by atoms with van der Waals surface area (Å²) in [4.78, 5) is 2.50. The van der Waals surface area contributed by atoms with Crippen LogP contribution in [0.5, 0.6) is 0 Å². The van der Waals surface area contributed by atoms with Gasteiger partial charge in [0.25, 0.3) is 0 Å². The lowest BCUT2D eigenvalue weighted by Crippen LogP contribution is -2.30. The van der Waals surface area contributed by atoms with E-state index in [1.54, 1.807) is 0 Å². The monoisotopic (exact) mass is 589 g/mol. The molecule has 1 atom stereocenters. The van der Waals surface area contributed by atoms with Crippen molar-refractivity contribution in [2.24, 2.45) is 0 Å². The first-order chi connectivity index (χ1) is 22.8. The van der Waals surface area contributed by atoms with Crippen LogP contribution in [0.1, 0.15) is 12.0 Å². The maximum Gasteiger partial charge on any atom is 0.136 e. The van der Waals surface area contributed by atoms with E-state index in [0.29, 0.717) is 0 Å². The first kappa shape index (κ1) is 26.5. The van der Waals surface area contributed by atoms with Crippen LogP contribution >= 0.6 is 0 Å². The number of benzene rings is 7. The van der Waals surface area contributed by atoms with Crippen LogP contribution in [0, 0.1) is 0 Å². The van der Waals surface area contributed by atoms with E-state index >= 15 is 0 Å². The summed E-state index contributed by atoms with van der Waals surface area (Å²) < 4.78 is 6.17. The molecule has 46 heavy (non-hydrogen) atoms. The van der Waals surface area contributed by atoms with Gasteiger partial charge in [0, 0.05) is 27.5 Å². The largest absolute Gasteiger partial charge is 0.456 e. The molecule has 1 aliphatic carbocycles. The molecule has 0 aliphatic heterocycles. The minimum atomic E-state index is 0.192. The van der Waals surface area contributed by atoms with Gasteiger partial charge in [-0.25, -0.2) is 0 Å². The molecule has 1 aromatic heterocycles. The van der Waals surface area contributed by atoms with Crippen molar-refractivity contribution in [2.75, 3.05) is 4.90 Å². The fourth-order valence-corrected chi connectivity index (χ4v) is 7.21. The Morgan fingerprint density at radius 3 is 2.09 bits per heavy atom. The van der Waals surface area contributed by atoms with Gasteiger partial charge < -0.3 is 9.32 Å². The van der Waals surface area contributed by atoms with E-state index in [2.05, 4.69) is 163 Å². The molecule has 0 radical (unpaired) electrons. The van der Waals surface area contributed by atoms with Gasteiger partial charge in [0.2, 0.25) is 0 Å². The molecule has 0 amide bonds. The molecule has 0 N–H and O–H groups in total. The van der Waals surface area contributed by atoms with Gasteiger partial charge >= 0.3 is 0 Å². The number of allylic oxidation sites excluding steroid dienone is 2. The van der Waals surface area contributed by atoms with Gasteiger partial charge in [-0.3, -0.25) is 0 Å². The lowest BCUT2D eigenvalue weighted by atomic mass is 9.92. The van der Waals surface area contributed by atoms with Crippen LogP contribution in [0.15, 0.2) is 174 Å². The van der Waals surface area contributed by atoms with Crippen molar-refractivity contribution in [1.82, 2.24) is 0 Å². The summed E-state index contributed by atoms with van der Waals surface area (Å²) in [7, 11) is 0. The van der Waals surface area contributed by atoms with Gasteiger partial charge in [-0.1, -0.05) is 133 Å². The Hall–Kier alpha value is -5.86. The molecule has 0 saturated carbocycles. The second-order valence-electron chi connectivity index (χ2n) is 12.0. The van der Waals surface area contributed by atoms with Gasteiger partial charge in [-0.05, 0) is 81.2 Å². The number of anilines is 2. The van der Waals surface area contributed by atoms with Crippen LogP contribution in [0.2, 0.25) is 0 Å². The summed E-state index contributed by atoms with van der Waals surface area (Å²) in [5.74, 6) is 0. The Balaban J connectivity index is 1.16. The third-order valence-electron chi connectivity index (χ3n) is 9.38. The van der Waals surface area contributed by atoms with Crippen molar-refractivity contribution < 1.29 is 4.42 Å². The van der Waals surface area contributed by atoms with Crippen molar-refractivity contribution in [3.05, 3.63) is 175 Å². The summed E-state index contributed by atoms with van der Waals surface area (Å²) in [5.41, 5.74) is 9.24. The molecule has 218 valence electrons. The van der Waals surface area contributed by atoms with Crippen LogP contribution in [0.3, 0.4) is 0 Å². The summed E-state index contributed by atoms with van der Waals surface area (Å²) in [5, 5.41) is 7.26. The number of fused-ring (bicyclic) bond motifs is 6. The molecule has 0 bridgehead atoms. The van der Waals surface area contributed by atoms with Gasteiger partial charge in [0.15, 0.2) is 0 Å². The summed E-state index contributed by atoms with van der Waals surface area (Å²) in [6.07, 6.45) is 7.95. The van der Waals surface area contributed by atoms with E-state index in [1.807, 2.05) is 12.1 Å². The zero-order chi connectivity index (χ0) is 30.5. The van der Waals surface area contributed by atoms with Crippen molar-refractivity contribution >= 4 is 60.4 Å². The van der Waals surface area contributed by atoms with Gasteiger partial charge in [0.1, 0.15) is 11.2 Å². The molecule has 7 aromatic carbocycles. The zero-order valence-corrected chi connectivity index (χ0v) is 25.3. The average molecular weight is 590 g/mol. The van der Waals surface area contributed by atoms with Crippen LogP contribution in [-0.4, -0.2) is 6.04 Å². The zero-order valence-electron chi connectivity index (χ0n) is 25.3. The van der Waals surface area contributed by atoms with Crippen LogP contribution < -0.4 is 4.90 Å². The standard InChI is InChI=1S/C44H31NO/c1-3-11-30(12-4-1)31-19-23-35(24-20-31)45(34-13-5-2-6-14-34)41-27-26-36(38-15-7-8-16-39(38)41)32-21-25-37-33(29-32)22-28-43-44(37)40-17-9-10-18-42(40)46-43/h1-23,25-29,35H,24H2. The predicted octanol–water partition coefficient (Wildman–Crippen LogP) is 12.1. The topological polar surface area (TPSA) is 16.4 Å². The Morgan fingerprint density at radius 2 is 1.28 bits per heavy atom. The highest BCUT2D eigenvalue weighted by atomic mass is 16.3. The van der Waals surface area contributed by atoms with Crippen molar-refractivity contribution in [3.63, 3.8) is 0 Å². The highest BCUT2D eigenvalue weighted by Gasteiger charge is 2.23. The van der Waals surface area contributed by atoms with E-state index < -0.39 is 0 Å². The molecule has 8 aromatic rings. The smallest absolute Gasteiger partial charge is 0.136 e. The number of furan rings is 1. The lowest BCUT2D eigenvalue weighted by molar-refractivity contribution is 0.669. The van der Waals surface area contributed by atoms with E-state index in [0.717, 1.165) is 23.0 Å². The molecule has 1 unspecified atom stereocenters. The van der Waals surface area contributed by atoms with Crippen molar-refractivity contribution in [1.29, 1.82) is 0 Å². The van der Waals surface area contributed by atoms with E-state index in [1.165, 1.54) is 60.6 Å².